The summed E-state index contributed by atoms with van der Waals surface area (Å²) in [5, 5.41) is 11.8. The van der Waals surface area contributed by atoms with Crippen molar-refractivity contribution < 1.29 is 33.0 Å². The third-order valence-electron chi connectivity index (χ3n) is 7.01. The highest BCUT2D eigenvalue weighted by molar-refractivity contribution is 6.88. The fourth-order valence-corrected chi connectivity index (χ4v) is 6.66. The second-order valence-corrected chi connectivity index (χ2v) is 15.5. The Morgan fingerprint density at radius 2 is 1.69 bits per heavy atom. The lowest BCUT2D eigenvalue weighted by Gasteiger charge is -2.41. The normalized spacial score (nSPS) is 21.3. The number of ether oxygens (including phenoxy) is 1. The number of nitrogens with zero attached hydrogens (tertiary/aromatic N) is 1. The number of benzene rings is 2. The van der Waals surface area contributed by atoms with Gasteiger partial charge in [0.2, 0.25) is 5.91 Å². The monoisotopic (exact) mass is 516 g/mol. The molecule has 7 nitrogen and oxygen atoms in total. The maximum absolute atomic E-state index is 14.8. The topological polar surface area (TPSA) is 95.9 Å². The molecule has 0 aromatic heterocycles. The minimum Gasteiger partial charge on any atom is -0.497 e. The molecule has 0 saturated heterocycles. The number of aliphatic carboxylic acids is 1. The van der Waals surface area contributed by atoms with Crippen LogP contribution >= 0.6 is 0 Å². The average molecular weight is 517 g/mol. The lowest BCUT2D eigenvalue weighted by molar-refractivity contribution is -0.154. The number of anilines is 1. The summed E-state index contributed by atoms with van der Waals surface area (Å²) in [6.07, 6.45) is 0.942. The number of nitrogens with one attached hydrogen (secondary N) is 1. The van der Waals surface area contributed by atoms with Crippen LogP contribution in [0.2, 0.25) is 19.6 Å². The highest BCUT2D eigenvalue weighted by atomic mass is 28.3. The van der Waals surface area contributed by atoms with Crippen LogP contribution < -0.4 is 15.2 Å². The molecule has 2 amide bonds. The molecular weight excluding hydrogens is 486 g/mol. The number of methoxy groups -OCH3 is 1. The smallest absolute Gasteiger partial charge is 0.306 e. The summed E-state index contributed by atoms with van der Waals surface area (Å²) >= 11 is 0. The van der Waals surface area contributed by atoms with Gasteiger partial charge in [0.05, 0.1) is 21.1 Å². The number of carbonyl (C=O) groups excluding carboxylic acids is 2. The second-order valence-electron chi connectivity index (χ2n) is 10.5. The number of carboxylic acids is 1. The second kappa shape index (κ2) is 9.65. The molecule has 1 fully saturated rings. The van der Waals surface area contributed by atoms with Crippen molar-refractivity contribution in [2.45, 2.75) is 44.9 Å². The van der Waals surface area contributed by atoms with E-state index in [2.05, 4.69) is 5.32 Å². The zero-order chi connectivity index (χ0) is 26.4. The van der Waals surface area contributed by atoms with E-state index in [1.807, 2.05) is 25.7 Å². The lowest BCUT2D eigenvalue weighted by Crippen LogP contribution is -2.50. The molecule has 0 spiro atoms. The fourth-order valence-electron chi connectivity index (χ4n) is 5.08. The Morgan fingerprint density at radius 3 is 2.25 bits per heavy atom. The molecule has 1 saturated carbocycles. The van der Waals surface area contributed by atoms with Gasteiger partial charge in [-0.15, -0.1) is 0 Å². The zero-order valence-corrected chi connectivity index (χ0v) is 21.7. The first-order valence-corrected chi connectivity index (χ1v) is 15.4. The average Bonchev–Trinajstić information content (AvgIpc) is 2.74. The number of carboxylic acid groups (broad SMARTS) is 1. The Bertz CT molecular complexity index is 1200. The van der Waals surface area contributed by atoms with Gasteiger partial charge in [0, 0.05) is 23.3 Å². The summed E-state index contributed by atoms with van der Waals surface area (Å²) < 4.78 is 34.9. The Morgan fingerprint density at radius 1 is 1.06 bits per heavy atom. The van der Waals surface area contributed by atoms with Gasteiger partial charge in [-0.25, -0.2) is 8.78 Å². The minimum atomic E-state index is -2.29. The SMILES string of the molecule is COc1ccc2c(c1)CCN(C(=O)[C@H]1C[C@H](C(=O)O)C1)C2C(=O)Nc1cc(F)c([Si](C)(C)C)c(F)c1. The molecule has 2 N–H and O–H groups in total. The van der Waals surface area contributed by atoms with Crippen LogP contribution in [0, 0.1) is 23.5 Å². The van der Waals surface area contributed by atoms with Crippen molar-refractivity contribution in [3.05, 3.63) is 53.1 Å². The summed E-state index contributed by atoms with van der Waals surface area (Å²) in [5.74, 6) is -3.67. The van der Waals surface area contributed by atoms with Gasteiger partial charge in [-0.1, -0.05) is 25.7 Å². The maximum atomic E-state index is 14.8. The molecule has 2 aromatic rings. The van der Waals surface area contributed by atoms with Crippen molar-refractivity contribution >= 4 is 36.7 Å². The third kappa shape index (κ3) is 4.86. The highest BCUT2D eigenvalue weighted by Gasteiger charge is 2.45. The van der Waals surface area contributed by atoms with E-state index in [-0.39, 0.29) is 36.2 Å². The number of hydrogen-bond donors (Lipinski definition) is 2. The van der Waals surface area contributed by atoms with E-state index in [1.165, 1.54) is 12.0 Å². The van der Waals surface area contributed by atoms with Crippen molar-refractivity contribution in [2.75, 3.05) is 19.0 Å². The number of fused-ring (bicyclic) bond motifs is 1. The Kier molecular flexibility index (Phi) is 6.92. The summed E-state index contributed by atoms with van der Waals surface area (Å²) in [5.41, 5.74) is 1.41. The van der Waals surface area contributed by atoms with Gasteiger partial charge in [0.25, 0.3) is 5.91 Å². The highest BCUT2D eigenvalue weighted by Crippen LogP contribution is 2.40. The summed E-state index contributed by atoms with van der Waals surface area (Å²) in [4.78, 5) is 39.5. The number of rotatable bonds is 6. The standard InChI is InChI=1S/C26H30F2N2O5Si/c1-35-18-5-6-19-14(11-18)7-8-30(25(32)15-9-16(10-15)26(33)34)22(19)24(31)29-17-12-20(27)23(21(28)13-17)36(2,3)4/h5-6,11-13,15-16,22H,7-10H2,1-4H3,(H,29,31)(H,33,34)/t15-,16-,22?. The van der Waals surface area contributed by atoms with Crippen LogP contribution in [0.5, 0.6) is 5.75 Å². The summed E-state index contributed by atoms with van der Waals surface area (Å²) in [7, 11) is -0.759. The minimum absolute atomic E-state index is 0.0281. The molecule has 1 unspecified atom stereocenters. The van der Waals surface area contributed by atoms with Crippen molar-refractivity contribution in [3.8, 4) is 5.75 Å². The van der Waals surface area contributed by atoms with Crippen LogP contribution in [0.25, 0.3) is 0 Å². The molecule has 10 heteroatoms. The number of carbonyl (C=O) groups is 3. The van der Waals surface area contributed by atoms with Crippen LogP contribution in [-0.2, 0) is 20.8 Å². The van der Waals surface area contributed by atoms with Crippen LogP contribution in [0.3, 0.4) is 0 Å². The summed E-state index contributed by atoms with van der Waals surface area (Å²) in [6, 6.07) is 6.42. The van der Waals surface area contributed by atoms with E-state index >= 15 is 0 Å². The predicted octanol–water partition coefficient (Wildman–Crippen LogP) is 3.69. The van der Waals surface area contributed by atoms with Gasteiger partial charge in [-0.2, -0.15) is 0 Å². The van der Waals surface area contributed by atoms with Gasteiger partial charge >= 0.3 is 5.97 Å². The van der Waals surface area contributed by atoms with Crippen molar-refractivity contribution in [1.29, 1.82) is 0 Å². The molecule has 36 heavy (non-hydrogen) atoms. The molecule has 2 aromatic carbocycles. The van der Waals surface area contributed by atoms with E-state index in [1.54, 1.807) is 12.1 Å². The lowest BCUT2D eigenvalue weighted by atomic mass is 9.73. The molecule has 0 radical (unpaired) electrons. The van der Waals surface area contributed by atoms with E-state index < -0.39 is 49.5 Å². The largest absolute Gasteiger partial charge is 0.497 e. The predicted molar refractivity (Wildman–Crippen MR) is 133 cm³/mol. The number of amides is 2. The van der Waals surface area contributed by atoms with Gasteiger partial charge in [0.15, 0.2) is 0 Å². The molecule has 1 atom stereocenters. The first-order chi connectivity index (χ1) is 16.9. The number of halogens is 2. The van der Waals surface area contributed by atoms with Crippen molar-refractivity contribution in [2.24, 2.45) is 11.8 Å². The van der Waals surface area contributed by atoms with Crippen LogP contribution in [0.15, 0.2) is 30.3 Å². The summed E-state index contributed by atoms with van der Waals surface area (Å²) in [6.45, 7) is 5.75. The van der Waals surface area contributed by atoms with Gasteiger partial charge in [0.1, 0.15) is 23.4 Å². The van der Waals surface area contributed by atoms with E-state index in [4.69, 9.17) is 4.74 Å². The fraction of sp³-hybridized carbons (Fsp3) is 0.423. The van der Waals surface area contributed by atoms with Crippen LogP contribution in [0.1, 0.15) is 30.0 Å². The molecule has 1 aliphatic carbocycles. The molecule has 4 rings (SSSR count). The van der Waals surface area contributed by atoms with E-state index in [0.29, 0.717) is 17.7 Å². The van der Waals surface area contributed by atoms with Gasteiger partial charge in [-0.05, 0) is 54.7 Å². The molecule has 192 valence electrons. The van der Waals surface area contributed by atoms with Crippen molar-refractivity contribution in [3.63, 3.8) is 0 Å². The quantitative estimate of drug-likeness (QED) is 0.571. The Balaban J connectivity index is 1.65. The van der Waals surface area contributed by atoms with Crippen molar-refractivity contribution in [1.82, 2.24) is 4.90 Å². The Hall–Kier alpha value is -3.27. The molecule has 2 aliphatic rings. The maximum Gasteiger partial charge on any atom is 0.306 e. The van der Waals surface area contributed by atoms with E-state index in [9.17, 15) is 28.3 Å². The zero-order valence-electron chi connectivity index (χ0n) is 20.7. The molecule has 0 bridgehead atoms. The first-order valence-electron chi connectivity index (χ1n) is 11.9. The third-order valence-corrected chi connectivity index (χ3v) is 8.98. The van der Waals surface area contributed by atoms with Gasteiger partial charge < -0.3 is 20.1 Å². The Labute approximate surface area is 209 Å². The molecular formula is C26H30F2N2O5Si. The first kappa shape index (κ1) is 25.8. The van der Waals surface area contributed by atoms with E-state index in [0.717, 1.165) is 17.7 Å². The van der Waals surface area contributed by atoms with Gasteiger partial charge in [-0.3, -0.25) is 14.4 Å². The molecule has 1 aliphatic heterocycles. The van der Waals surface area contributed by atoms with Crippen LogP contribution in [-0.4, -0.2) is 49.5 Å². The molecule has 1 heterocycles. The number of hydrogen-bond acceptors (Lipinski definition) is 4. The van der Waals surface area contributed by atoms with Crippen LogP contribution in [0.4, 0.5) is 14.5 Å².